The quantitative estimate of drug-likeness (QED) is 0.572. The molecule has 0 aliphatic heterocycles. The highest BCUT2D eigenvalue weighted by molar-refractivity contribution is 5.02. The highest BCUT2D eigenvalue weighted by Gasteiger charge is 2.07. The predicted octanol–water partition coefficient (Wildman–Crippen LogP) is 4.64. The zero-order chi connectivity index (χ0) is 11.0. The lowest BCUT2D eigenvalue weighted by molar-refractivity contribution is 0.384. The summed E-state index contributed by atoms with van der Waals surface area (Å²) in [6.07, 6.45) is 6.13. The van der Waals surface area contributed by atoms with Crippen LogP contribution in [0.4, 0.5) is 0 Å². The fourth-order valence-electron chi connectivity index (χ4n) is 1.27. The molecule has 0 aromatic rings. The zero-order valence-electron chi connectivity index (χ0n) is 10.6. The average Bonchev–Trinajstić information content (AvgIpc) is 2.07. The van der Waals surface area contributed by atoms with Crippen LogP contribution in [-0.4, -0.2) is 0 Å². The van der Waals surface area contributed by atoms with Crippen LogP contribution < -0.4 is 0 Å². The lowest BCUT2D eigenvalue weighted by atomic mass is 9.90. The molecule has 0 N–H and O–H groups in total. The maximum Gasteiger partial charge on any atom is 0.0174 e. The summed E-state index contributed by atoms with van der Waals surface area (Å²) in [6, 6.07) is 0. The second-order valence-electron chi connectivity index (χ2n) is 5.43. The van der Waals surface area contributed by atoms with Gasteiger partial charge in [0.05, 0.1) is 0 Å². The van der Waals surface area contributed by atoms with Gasteiger partial charge in [-0.2, -0.15) is 0 Å². The molecule has 0 spiro atoms. The third-order valence-electron chi connectivity index (χ3n) is 2.34. The maximum atomic E-state index is 3.34. The van der Waals surface area contributed by atoms with Crippen molar-refractivity contribution in [3.63, 3.8) is 0 Å². The number of rotatable bonds is 4. The first-order valence-electron chi connectivity index (χ1n) is 5.94. The van der Waals surface area contributed by atoms with Crippen LogP contribution in [-0.2, 0) is 0 Å². The highest BCUT2D eigenvalue weighted by Crippen LogP contribution is 2.19. The Morgan fingerprint density at radius 2 is 1.86 bits per heavy atom. The van der Waals surface area contributed by atoms with E-state index in [1.54, 1.807) is 0 Å². The Bertz CT molecular complexity index is 184. The van der Waals surface area contributed by atoms with Crippen molar-refractivity contribution in [2.75, 3.05) is 0 Å². The summed E-state index contributed by atoms with van der Waals surface area (Å²) >= 11 is 0. The third kappa shape index (κ3) is 9.65. The van der Waals surface area contributed by atoms with Crippen molar-refractivity contribution in [3.05, 3.63) is 0 Å². The Morgan fingerprint density at radius 3 is 2.36 bits per heavy atom. The van der Waals surface area contributed by atoms with Gasteiger partial charge in [0.2, 0.25) is 0 Å². The van der Waals surface area contributed by atoms with Crippen molar-refractivity contribution in [2.24, 2.45) is 11.3 Å². The second kappa shape index (κ2) is 6.93. The molecule has 0 aliphatic rings. The van der Waals surface area contributed by atoms with E-state index in [1.807, 2.05) is 0 Å². The summed E-state index contributed by atoms with van der Waals surface area (Å²) in [7, 11) is 0. The topological polar surface area (TPSA) is 0 Å². The van der Waals surface area contributed by atoms with Crippen LogP contribution in [0.25, 0.3) is 0 Å². The van der Waals surface area contributed by atoms with Crippen LogP contribution in [0, 0.1) is 23.2 Å². The van der Waals surface area contributed by atoms with Crippen LogP contribution in [0.1, 0.15) is 66.7 Å². The molecule has 0 amide bonds. The first-order valence-corrected chi connectivity index (χ1v) is 5.94. The Labute approximate surface area is 90.5 Å². The molecule has 0 heteroatoms. The molecule has 0 bridgehead atoms. The van der Waals surface area contributed by atoms with Gasteiger partial charge in [0.1, 0.15) is 0 Å². The lowest BCUT2D eigenvalue weighted by Crippen LogP contribution is -2.03. The van der Waals surface area contributed by atoms with Crippen molar-refractivity contribution in [1.29, 1.82) is 0 Å². The maximum absolute atomic E-state index is 3.34. The van der Waals surface area contributed by atoms with E-state index in [4.69, 9.17) is 0 Å². The lowest BCUT2D eigenvalue weighted by Gasteiger charge is -2.15. The minimum absolute atomic E-state index is 0.432. The molecule has 0 rings (SSSR count). The van der Waals surface area contributed by atoms with E-state index in [2.05, 4.69) is 46.5 Å². The smallest absolute Gasteiger partial charge is 0.0174 e. The number of hydrogen-bond acceptors (Lipinski definition) is 0. The van der Waals surface area contributed by atoms with Crippen LogP contribution >= 0.6 is 0 Å². The van der Waals surface area contributed by atoms with E-state index in [9.17, 15) is 0 Å². The van der Waals surface area contributed by atoms with Gasteiger partial charge in [0, 0.05) is 12.3 Å². The fraction of sp³-hybridized carbons (Fsp3) is 0.857. The van der Waals surface area contributed by atoms with Gasteiger partial charge in [0.25, 0.3) is 0 Å². The van der Waals surface area contributed by atoms with E-state index < -0.39 is 0 Å². The highest BCUT2D eigenvalue weighted by atomic mass is 14.1. The van der Waals surface area contributed by atoms with Crippen LogP contribution in [0.2, 0.25) is 0 Å². The zero-order valence-corrected chi connectivity index (χ0v) is 10.6. The number of hydrogen-bond donors (Lipinski definition) is 0. The first kappa shape index (κ1) is 13.6. The molecule has 0 fully saturated rings. The van der Waals surface area contributed by atoms with Crippen LogP contribution in [0.15, 0.2) is 0 Å². The van der Waals surface area contributed by atoms with Gasteiger partial charge >= 0.3 is 0 Å². The normalized spacial score (nSPS) is 13.2. The molecule has 0 saturated carbocycles. The molecule has 0 aliphatic carbocycles. The molecule has 0 saturated heterocycles. The third-order valence-corrected chi connectivity index (χ3v) is 2.34. The average molecular weight is 194 g/mol. The first-order chi connectivity index (χ1) is 6.45. The molecule has 82 valence electrons. The molecule has 1 unspecified atom stereocenters. The van der Waals surface area contributed by atoms with Gasteiger partial charge in [-0.05, 0) is 18.3 Å². The van der Waals surface area contributed by atoms with Gasteiger partial charge in [0.15, 0.2) is 0 Å². The molecule has 0 aromatic carbocycles. The monoisotopic (exact) mass is 194 g/mol. The van der Waals surface area contributed by atoms with Crippen molar-refractivity contribution in [3.8, 4) is 11.8 Å². The van der Waals surface area contributed by atoms with E-state index >= 15 is 0 Å². The van der Waals surface area contributed by atoms with Gasteiger partial charge in [-0.25, -0.2) is 0 Å². The molecule has 14 heavy (non-hydrogen) atoms. The molecular formula is C14H26. The fourth-order valence-corrected chi connectivity index (χ4v) is 1.27. The van der Waals surface area contributed by atoms with E-state index in [0.717, 1.165) is 6.42 Å². The predicted molar refractivity (Wildman–Crippen MR) is 65.2 cm³/mol. The summed E-state index contributed by atoms with van der Waals surface area (Å²) in [5, 5.41) is 0. The van der Waals surface area contributed by atoms with Gasteiger partial charge < -0.3 is 0 Å². The summed E-state index contributed by atoms with van der Waals surface area (Å²) in [6.45, 7) is 11.3. The Balaban J connectivity index is 3.61. The Hall–Kier alpha value is -0.440. The van der Waals surface area contributed by atoms with E-state index in [1.165, 1.54) is 25.7 Å². The minimum atomic E-state index is 0.432. The molecule has 0 nitrogen and oxygen atoms in total. The van der Waals surface area contributed by atoms with Crippen molar-refractivity contribution >= 4 is 0 Å². The SMILES string of the molecule is CCCCC(C)C#CCCC(C)(C)C. The van der Waals surface area contributed by atoms with Crippen LogP contribution in [0.3, 0.4) is 0 Å². The molecule has 0 aromatic heterocycles. The standard InChI is InChI=1S/C14H26/c1-6-7-10-13(2)11-8-9-12-14(3,4)5/h13H,6-7,9-10,12H2,1-5H3. The summed E-state index contributed by atoms with van der Waals surface area (Å²) in [5.74, 6) is 7.23. The molecule has 0 heterocycles. The van der Waals surface area contributed by atoms with Crippen molar-refractivity contribution in [1.82, 2.24) is 0 Å². The Kier molecular flexibility index (Phi) is 6.71. The van der Waals surface area contributed by atoms with Crippen LogP contribution in [0.5, 0.6) is 0 Å². The summed E-state index contributed by atoms with van der Waals surface area (Å²) in [4.78, 5) is 0. The van der Waals surface area contributed by atoms with E-state index in [0.29, 0.717) is 11.3 Å². The Morgan fingerprint density at radius 1 is 1.21 bits per heavy atom. The minimum Gasteiger partial charge on any atom is -0.103 e. The summed E-state index contributed by atoms with van der Waals surface area (Å²) < 4.78 is 0. The second-order valence-corrected chi connectivity index (χ2v) is 5.43. The van der Waals surface area contributed by atoms with E-state index in [-0.39, 0.29) is 0 Å². The van der Waals surface area contributed by atoms with Gasteiger partial charge in [-0.3, -0.25) is 0 Å². The molecule has 0 radical (unpaired) electrons. The van der Waals surface area contributed by atoms with Crippen molar-refractivity contribution < 1.29 is 0 Å². The summed E-state index contributed by atoms with van der Waals surface area (Å²) in [5.41, 5.74) is 0.432. The van der Waals surface area contributed by atoms with Gasteiger partial charge in [-0.1, -0.05) is 47.5 Å². The van der Waals surface area contributed by atoms with Gasteiger partial charge in [-0.15, -0.1) is 11.8 Å². The number of unbranched alkanes of at least 4 members (excludes halogenated alkanes) is 1. The molecule has 1 atom stereocenters. The largest absolute Gasteiger partial charge is 0.103 e. The molecular weight excluding hydrogens is 168 g/mol. The van der Waals surface area contributed by atoms with Crippen molar-refractivity contribution in [2.45, 2.75) is 66.7 Å².